The van der Waals surface area contributed by atoms with Gasteiger partial charge in [-0.1, -0.05) is 38.5 Å². The molecule has 0 saturated heterocycles. The van der Waals surface area contributed by atoms with Crippen molar-refractivity contribution in [1.82, 2.24) is 36.9 Å². The predicted octanol–water partition coefficient (Wildman–Crippen LogP) is -4.85. The number of aliphatic imine (C=N–C) groups is 1. The number of carboxylic acids is 1. The van der Waals surface area contributed by atoms with Gasteiger partial charge in [0.1, 0.15) is 36.3 Å². The van der Waals surface area contributed by atoms with Crippen molar-refractivity contribution < 1.29 is 58.8 Å². The lowest BCUT2D eigenvalue weighted by molar-refractivity contribution is -0.143. The van der Waals surface area contributed by atoms with E-state index in [1.807, 2.05) is 0 Å². The standard InChI is InChI=1S/C39H62N12O12/c1-5-18(2)29(41)35(59)46-24(12-13-28(40)55)32(56)50-31(20(4)54)37(61)51-30(19(3)53)36(60)48-26(15-21-16-45-23-10-7-6-9-22(21)23)33(57)49-27(17-52)34(58)47-25(38(62)63)11-8-14-44-39(42)43/h6-7,9-10,16,18-20,24-27,29-31,45,52-54H,5,8,11-15,17,41H2,1-4H3,(H2,40,55)(H,46,59)(H,47,58)(H,48,60)(H,49,57)(H,50,56)(H,51,61)(H,62,63)(H4,42,43,44)/t18-,19+,20+,24-,25-,26-,27-,29-,30-,31-/m0/s1. The highest BCUT2D eigenvalue weighted by Gasteiger charge is 2.37. The average molecular weight is 891 g/mol. The van der Waals surface area contributed by atoms with Gasteiger partial charge in [-0.25, -0.2) is 4.79 Å². The molecule has 19 N–H and O–H groups in total. The molecule has 63 heavy (non-hydrogen) atoms. The zero-order valence-electron chi connectivity index (χ0n) is 35.6. The molecule has 1 heterocycles. The normalized spacial score (nSPS) is 15.9. The number of carboxylic acid groups (broad SMARTS) is 1. The van der Waals surface area contributed by atoms with E-state index < -0.39 is 108 Å². The Balaban J connectivity index is 2.37. The zero-order chi connectivity index (χ0) is 47.6. The molecule has 0 radical (unpaired) electrons. The second-order valence-corrected chi connectivity index (χ2v) is 15.1. The number of carbonyl (C=O) groups is 8. The molecule has 24 heteroatoms. The smallest absolute Gasteiger partial charge is 0.326 e. The van der Waals surface area contributed by atoms with Crippen LogP contribution in [0.1, 0.15) is 65.4 Å². The molecular formula is C39H62N12O12. The maximum atomic E-state index is 13.9. The van der Waals surface area contributed by atoms with Gasteiger partial charge in [-0.2, -0.15) is 0 Å². The number of benzene rings is 1. The maximum Gasteiger partial charge on any atom is 0.326 e. The summed E-state index contributed by atoms with van der Waals surface area (Å²) in [6.07, 6.45) is -2.08. The van der Waals surface area contributed by atoms with Crippen LogP contribution in [-0.4, -0.2) is 146 Å². The summed E-state index contributed by atoms with van der Waals surface area (Å²) >= 11 is 0. The third-order valence-corrected chi connectivity index (χ3v) is 10.1. The van der Waals surface area contributed by atoms with Crippen molar-refractivity contribution in [3.63, 3.8) is 0 Å². The lowest BCUT2D eigenvalue weighted by Gasteiger charge is -2.29. The van der Waals surface area contributed by atoms with Crippen molar-refractivity contribution >= 4 is 64.2 Å². The third-order valence-electron chi connectivity index (χ3n) is 10.1. The second-order valence-electron chi connectivity index (χ2n) is 15.1. The predicted molar refractivity (Wildman–Crippen MR) is 227 cm³/mol. The summed E-state index contributed by atoms with van der Waals surface area (Å²) in [5.74, 6) is -8.90. The maximum absolute atomic E-state index is 13.9. The first-order valence-electron chi connectivity index (χ1n) is 20.3. The van der Waals surface area contributed by atoms with Gasteiger partial charge in [-0.3, -0.25) is 38.6 Å². The SMILES string of the molecule is CC[C@H](C)[C@H](N)C(=O)N[C@@H](CCC(N)=O)C(=O)N[C@H](C(=O)N[C@H](C(=O)N[C@@H](Cc1c[nH]c2ccccc12)C(=O)N[C@@H](CO)C(=O)N[C@@H](CCCN=C(N)N)C(=O)O)[C@@H](C)O)[C@@H](C)O. The highest BCUT2D eigenvalue weighted by atomic mass is 16.4. The quantitative estimate of drug-likeness (QED) is 0.0227. The number of carbonyl (C=O) groups excluding carboxylic acids is 7. The molecule has 2 rings (SSSR count). The number of nitrogens with two attached hydrogens (primary N) is 4. The van der Waals surface area contributed by atoms with Gasteiger partial charge in [0.05, 0.1) is 24.9 Å². The molecule has 7 amide bonds. The van der Waals surface area contributed by atoms with Gasteiger partial charge < -0.3 is 80.2 Å². The number of aromatic amines is 1. The Bertz CT molecular complexity index is 1940. The number of H-pyrrole nitrogens is 1. The van der Waals surface area contributed by atoms with Crippen molar-refractivity contribution in [3.8, 4) is 0 Å². The van der Waals surface area contributed by atoms with Crippen LogP contribution >= 0.6 is 0 Å². The van der Waals surface area contributed by atoms with Crippen molar-refractivity contribution in [2.45, 2.75) is 121 Å². The van der Waals surface area contributed by atoms with Gasteiger partial charge >= 0.3 is 5.97 Å². The van der Waals surface area contributed by atoms with E-state index >= 15 is 0 Å². The highest BCUT2D eigenvalue weighted by molar-refractivity contribution is 5.98. The number of amides is 7. The van der Waals surface area contributed by atoms with Crippen LogP contribution < -0.4 is 54.8 Å². The molecule has 10 atom stereocenters. The van der Waals surface area contributed by atoms with Crippen LogP contribution in [-0.2, 0) is 44.8 Å². The number of nitrogens with one attached hydrogen (secondary N) is 7. The fourth-order valence-electron chi connectivity index (χ4n) is 6.13. The topological polar surface area (TPSA) is 422 Å². The van der Waals surface area contributed by atoms with E-state index in [-0.39, 0.29) is 50.5 Å². The number of fused-ring (bicyclic) bond motifs is 1. The summed E-state index contributed by atoms with van der Waals surface area (Å²) in [6, 6.07) is -3.92. The highest BCUT2D eigenvalue weighted by Crippen LogP contribution is 2.19. The summed E-state index contributed by atoms with van der Waals surface area (Å²) in [7, 11) is 0. The summed E-state index contributed by atoms with van der Waals surface area (Å²) in [5, 5.41) is 55.7. The van der Waals surface area contributed by atoms with Crippen LogP contribution in [0, 0.1) is 5.92 Å². The number of aliphatic carboxylic acids is 1. The van der Waals surface area contributed by atoms with Crippen molar-refractivity contribution in [2.24, 2.45) is 33.8 Å². The van der Waals surface area contributed by atoms with Gasteiger partial charge in [0.25, 0.3) is 0 Å². The number of primary amides is 1. The minimum atomic E-state index is -1.85. The van der Waals surface area contributed by atoms with Crippen molar-refractivity contribution in [3.05, 3.63) is 36.0 Å². The molecule has 0 aliphatic rings. The summed E-state index contributed by atoms with van der Waals surface area (Å²) in [5.41, 5.74) is 23.0. The monoisotopic (exact) mass is 890 g/mol. The van der Waals surface area contributed by atoms with Crippen LogP contribution in [0.15, 0.2) is 35.5 Å². The first-order valence-corrected chi connectivity index (χ1v) is 20.3. The van der Waals surface area contributed by atoms with Gasteiger partial charge in [0.15, 0.2) is 5.96 Å². The van der Waals surface area contributed by atoms with E-state index in [0.29, 0.717) is 22.9 Å². The van der Waals surface area contributed by atoms with Gasteiger partial charge in [-0.15, -0.1) is 0 Å². The van der Waals surface area contributed by atoms with Gasteiger partial charge in [-0.05, 0) is 50.7 Å². The van der Waals surface area contributed by atoms with Gasteiger partial charge in [0.2, 0.25) is 41.4 Å². The van der Waals surface area contributed by atoms with E-state index in [4.69, 9.17) is 22.9 Å². The first kappa shape index (κ1) is 52.8. The lowest BCUT2D eigenvalue weighted by atomic mass is 9.98. The van der Waals surface area contributed by atoms with Crippen LogP contribution in [0.2, 0.25) is 0 Å². The fraction of sp³-hybridized carbons (Fsp3) is 0.564. The van der Waals surface area contributed by atoms with E-state index in [2.05, 4.69) is 41.9 Å². The third kappa shape index (κ3) is 16.8. The Morgan fingerprint density at radius 2 is 1.24 bits per heavy atom. The molecule has 2 aromatic rings. The first-order chi connectivity index (χ1) is 29.6. The zero-order valence-corrected chi connectivity index (χ0v) is 35.6. The van der Waals surface area contributed by atoms with E-state index in [1.165, 1.54) is 0 Å². The minimum Gasteiger partial charge on any atom is -0.480 e. The van der Waals surface area contributed by atoms with Crippen LogP contribution in [0.3, 0.4) is 0 Å². The van der Waals surface area contributed by atoms with Gasteiger partial charge in [0, 0.05) is 36.5 Å². The molecule has 0 aliphatic carbocycles. The van der Waals surface area contributed by atoms with E-state index in [9.17, 15) is 58.8 Å². The van der Waals surface area contributed by atoms with Crippen LogP contribution in [0.4, 0.5) is 0 Å². The van der Waals surface area contributed by atoms with Crippen LogP contribution in [0.25, 0.3) is 10.9 Å². The molecule has 0 aliphatic heterocycles. The molecule has 24 nitrogen and oxygen atoms in total. The number of hydrogen-bond donors (Lipinski definition) is 15. The number of nitrogens with zero attached hydrogens (tertiary/aromatic N) is 1. The number of hydrogen-bond acceptors (Lipinski definition) is 13. The summed E-state index contributed by atoms with van der Waals surface area (Å²) in [6.45, 7) is 4.85. The molecule has 0 bridgehead atoms. The largest absolute Gasteiger partial charge is 0.480 e. The molecule has 0 unspecified atom stereocenters. The second kappa shape index (κ2) is 25.5. The average Bonchev–Trinajstić information content (AvgIpc) is 3.63. The number of aliphatic hydroxyl groups is 3. The number of aliphatic hydroxyl groups excluding tert-OH is 3. The molecular weight excluding hydrogens is 829 g/mol. The molecule has 1 aromatic heterocycles. The van der Waals surface area contributed by atoms with Crippen LogP contribution in [0.5, 0.6) is 0 Å². The fourth-order valence-corrected chi connectivity index (χ4v) is 6.13. The Hall–Kier alpha value is -6.37. The lowest BCUT2D eigenvalue weighted by Crippen LogP contribution is -2.63. The minimum absolute atomic E-state index is 0.0618. The Morgan fingerprint density at radius 3 is 1.79 bits per heavy atom. The molecule has 1 aromatic carbocycles. The molecule has 0 saturated carbocycles. The Morgan fingerprint density at radius 1 is 0.714 bits per heavy atom. The number of rotatable bonds is 27. The van der Waals surface area contributed by atoms with Crippen molar-refractivity contribution in [2.75, 3.05) is 13.2 Å². The number of para-hydroxylation sites is 1. The summed E-state index contributed by atoms with van der Waals surface area (Å²) < 4.78 is 0. The summed E-state index contributed by atoms with van der Waals surface area (Å²) in [4.78, 5) is 111. The molecule has 0 fully saturated rings. The molecule has 0 spiro atoms. The molecule has 350 valence electrons. The Kier molecular flexibility index (Phi) is 21.4. The van der Waals surface area contributed by atoms with E-state index in [1.54, 1.807) is 44.3 Å². The number of guanidine groups is 1. The van der Waals surface area contributed by atoms with Crippen molar-refractivity contribution in [1.29, 1.82) is 0 Å². The van der Waals surface area contributed by atoms with E-state index in [0.717, 1.165) is 13.8 Å². The number of aromatic nitrogens is 1. The Labute approximate surface area is 363 Å².